The summed E-state index contributed by atoms with van der Waals surface area (Å²) in [7, 11) is 3.35. The summed E-state index contributed by atoms with van der Waals surface area (Å²) in [6.45, 7) is 8.53. The number of ether oxygens (including phenoxy) is 3. The lowest BCUT2D eigenvalue weighted by Gasteiger charge is -2.34. The van der Waals surface area contributed by atoms with Crippen LogP contribution in [0.1, 0.15) is 25.8 Å². The summed E-state index contributed by atoms with van der Waals surface area (Å²) in [5.74, 6) is 1.75. The summed E-state index contributed by atoms with van der Waals surface area (Å²) in [5, 5.41) is 0. The number of likely N-dealkylation sites (tertiary alicyclic amines) is 1. The lowest BCUT2D eigenvalue weighted by molar-refractivity contribution is -0.135. The molecule has 1 atom stereocenters. The fraction of sp³-hybridized carbons (Fsp3) is 0.650. The maximum atomic E-state index is 12.3. The quantitative estimate of drug-likeness (QED) is 0.803. The van der Waals surface area contributed by atoms with E-state index in [1.54, 1.807) is 14.2 Å². The molecule has 2 aliphatic rings. The van der Waals surface area contributed by atoms with Crippen LogP contribution in [0.25, 0.3) is 0 Å². The van der Waals surface area contributed by atoms with Crippen LogP contribution in [-0.4, -0.2) is 68.8 Å². The number of methoxy groups -OCH3 is 2. The third kappa shape index (κ3) is 3.96. The molecule has 1 aromatic rings. The fourth-order valence-corrected chi connectivity index (χ4v) is 4.04. The topological polar surface area (TPSA) is 51.2 Å². The second-order valence-electron chi connectivity index (χ2n) is 7.75. The average Bonchev–Trinajstić information content (AvgIpc) is 2.94. The maximum absolute atomic E-state index is 12.3. The monoisotopic (exact) mass is 362 g/mol. The summed E-state index contributed by atoms with van der Waals surface area (Å²) in [6, 6.07) is 6.17. The van der Waals surface area contributed by atoms with Crippen molar-refractivity contribution in [2.45, 2.75) is 32.9 Å². The van der Waals surface area contributed by atoms with E-state index in [1.807, 2.05) is 17.0 Å². The average molecular weight is 362 g/mol. The standard InChI is InChI=1S/C20H30N2O4/c1-15(2)22-13-20(14-26-11-19(22)23)7-8-21(12-20)10-16-5-6-17(24-3)9-18(16)25-4/h5-6,9,15H,7-8,10-14H2,1-4H3. The van der Waals surface area contributed by atoms with Crippen LogP contribution in [0.15, 0.2) is 18.2 Å². The molecule has 0 aliphatic carbocycles. The molecule has 0 N–H and O–H groups in total. The SMILES string of the molecule is COc1ccc(CN2CCC3(COCC(=O)N(C(C)C)C3)C2)c(OC)c1. The van der Waals surface area contributed by atoms with Gasteiger partial charge in [0.1, 0.15) is 18.1 Å². The van der Waals surface area contributed by atoms with Gasteiger partial charge in [-0.25, -0.2) is 0 Å². The highest BCUT2D eigenvalue weighted by Gasteiger charge is 2.43. The molecule has 2 aliphatic heterocycles. The number of nitrogens with zero attached hydrogens (tertiary/aromatic N) is 2. The van der Waals surface area contributed by atoms with Crippen LogP contribution in [0, 0.1) is 5.41 Å². The summed E-state index contributed by atoms with van der Waals surface area (Å²) in [5.41, 5.74) is 1.17. The number of hydrogen-bond acceptors (Lipinski definition) is 5. The summed E-state index contributed by atoms with van der Waals surface area (Å²) < 4.78 is 16.6. The third-order valence-electron chi connectivity index (χ3n) is 5.49. The highest BCUT2D eigenvalue weighted by Crippen LogP contribution is 2.36. The molecular formula is C20H30N2O4. The van der Waals surface area contributed by atoms with Crippen LogP contribution in [0.2, 0.25) is 0 Å². The summed E-state index contributed by atoms with van der Waals surface area (Å²) >= 11 is 0. The van der Waals surface area contributed by atoms with Crippen molar-refractivity contribution in [3.63, 3.8) is 0 Å². The molecule has 1 spiro atoms. The number of hydrogen-bond donors (Lipinski definition) is 0. The normalized spacial score (nSPS) is 24.3. The molecule has 6 heteroatoms. The molecule has 1 aromatic carbocycles. The van der Waals surface area contributed by atoms with E-state index in [-0.39, 0.29) is 24.0 Å². The molecule has 0 saturated carbocycles. The van der Waals surface area contributed by atoms with Crippen LogP contribution in [0.5, 0.6) is 11.5 Å². The molecule has 1 unspecified atom stereocenters. The maximum Gasteiger partial charge on any atom is 0.248 e. The van der Waals surface area contributed by atoms with Crippen LogP contribution in [-0.2, 0) is 16.1 Å². The smallest absolute Gasteiger partial charge is 0.248 e. The number of benzene rings is 1. The van der Waals surface area contributed by atoms with Gasteiger partial charge in [0.2, 0.25) is 5.91 Å². The molecule has 1 amide bonds. The first kappa shape index (κ1) is 19.0. The highest BCUT2D eigenvalue weighted by molar-refractivity contribution is 5.78. The van der Waals surface area contributed by atoms with E-state index in [2.05, 4.69) is 24.8 Å². The van der Waals surface area contributed by atoms with E-state index < -0.39 is 0 Å². The van der Waals surface area contributed by atoms with Gasteiger partial charge in [-0.3, -0.25) is 9.69 Å². The summed E-state index contributed by atoms with van der Waals surface area (Å²) in [6.07, 6.45) is 1.04. The minimum Gasteiger partial charge on any atom is -0.497 e. The summed E-state index contributed by atoms with van der Waals surface area (Å²) in [4.78, 5) is 16.7. The predicted octanol–water partition coefficient (Wildman–Crippen LogP) is 2.16. The minimum absolute atomic E-state index is 0.0239. The van der Waals surface area contributed by atoms with Gasteiger partial charge in [-0.2, -0.15) is 0 Å². The first-order valence-electron chi connectivity index (χ1n) is 9.27. The Balaban J connectivity index is 1.71. The van der Waals surface area contributed by atoms with E-state index in [9.17, 15) is 4.79 Å². The van der Waals surface area contributed by atoms with Crippen molar-refractivity contribution < 1.29 is 19.0 Å². The Morgan fingerprint density at radius 1 is 1.23 bits per heavy atom. The van der Waals surface area contributed by atoms with Gasteiger partial charge in [0.05, 0.1) is 20.8 Å². The zero-order chi connectivity index (χ0) is 18.7. The van der Waals surface area contributed by atoms with Gasteiger partial charge in [0, 0.05) is 42.7 Å². The molecule has 2 heterocycles. The second-order valence-corrected chi connectivity index (χ2v) is 7.75. The van der Waals surface area contributed by atoms with Crippen molar-refractivity contribution in [3.8, 4) is 11.5 Å². The third-order valence-corrected chi connectivity index (χ3v) is 5.49. The van der Waals surface area contributed by atoms with Gasteiger partial charge >= 0.3 is 0 Å². The molecule has 144 valence electrons. The molecule has 3 rings (SSSR count). The van der Waals surface area contributed by atoms with Crippen molar-refractivity contribution in [3.05, 3.63) is 23.8 Å². The predicted molar refractivity (Wildman–Crippen MR) is 99.5 cm³/mol. The number of amides is 1. The molecule has 0 radical (unpaired) electrons. The number of carbonyl (C=O) groups is 1. The highest BCUT2D eigenvalue weighted by atomic mass is 16.5. The minimum atomic E-state index is 0.0239. The van der Waals surface area contributed by atoms with Crippen LogP contribution in [0.3, 0.4) is 0 Å². The Hall–Kier alpha value is -1.79. The molecule has 0 aromatic heterocycles. The van der Waals surface area contributed by atoms with Gasteiger partial charge in [0.15, 0.2) is 0 Å². The van der Waals surface area contributed by atoms with Gasteiger partial charge in [-0.05, 0) is 32.9 Å². The van der Waals surface area contributed by atoms with Gasteiger partial charge < -0.3 is 19.1 Å². The van der Waals surface area contributed by atoms with Crippen molar-refractivity contribution in [2.75, 3.05) is 47.1 Å². The molecule has 0 bridgehead atoms. The van der Waals surface area contributed by atoms with Crippen molar-refractivity contribution in [1.82, 2.24) is 9.80 Å². The number of carbonyl (C=O) groups excluding carboxylic acids is 1. The molecule has 6 nitrogen and oxygen atoms in total. The zero-order valence-electron chi connectivity index (χ0n) is 16.3. The zero-order valence-corrected chi connectivity index (χ0v) is 16.3. The van der Waals surface area contributed by atoms with Crippen molar-refractivity contribution >= 4 is 5.91 Å². The Bertz CT molecular complexity index is 649. The van der Waals surface area contributed by atoms with E-state index in [0.29, 0.717) is 6.61 Å². The first-order chi connectivity index (χ1) is 12.5. The van der Waals surface area contributed by atoms with Gasteiger partial charge in [-0.15, -0.1) is 0 Å². The number of rotatable bonds is 5. The molecule has 26 heavy (non-hydrogen) atoms. The lowest BCUT2D eigenvalue weighted by Crippen LogP contribution is -2.45. The van der Waals surface area contributed by atoms with Gasteiger partial charge in [-0.1, -0.05) is 6.07 Å². The van der Waals surface area contributed by atoms with E-state index in [0.717, 1.165) is 49.7 Å². The van der Waals surface area contributed by atoms with E-state index in [4.69, 9.17) is 14.2 Å². The second kappa shape index (κ2) is 7.84. The van der Waals surface area contributed by atoms with Crippen molar-refractivity contribution in [1.29, 1.82) is 0 Å². The van der Waals surface area contributed by atoms with Crippen LogP contribution in [0.4, 0.5) is 0 Å². The Kier molecular flexibility index (Phi) is 5.73. The molecule has 2 fully saturated rings. The first-order valence-corrected chi connectivity index (χ1v) is 9.27. The Labute approximate surface area is 156 Å². The van der Waals surface area contributed by atoms with E-state index >= 15 is 0 Å². The van der Waals surface area contributed by atoms with Crippen molar-refractivity contribution in [2.24, 2.45) is 5.41 Å². The molecular weight excluding hydrogens is 332 g/mol. The van der Waals surface area contributed by atoms with Gasteiger partial charge in [0.25, 0.3) is 0 Å². The van der Waals surface area contributed by atoms with Crippen LogP contribution >= 0.6 is 0 Å². The largest absolute Gasteiger partial charge is 0.497 e. The van der Waals surface area contributed by atoms with Crippen LogP contribution < -0.4 is 9.47 Å². The lowest BCUT2D eigenvalue weighted by atomic mass is 9.87. The van der Waals surface area contributed by atoms with E-state index in [1.165, 1.54) is 0 Å². The molecule has 2 saturated heterocycles. The Morgan fingerprint density at radius 3 is 2.73 bits per heavy atom. The Morgan fingerprint density at radius 2 is 2.04 bits per heavy atom. The fourth-order valence-electron chi connectivity index (χ4n) is 4.04.